The molecule has 1 fully saturated rings. The normalized spacial score (nSPS) is 15.1. The van der Waals surface area contributed by atoms with E-state index in [9.17, 15) is 0 Å². The van der Waals surface area contributed by atoms with Gasteiger partial charge in [0.2, 0.25) is 0 Å². The van der Waals surface area contributed by atoms with Gasteiger partial charge in [0.1, 0.15) is 5.75 Å². The fourth-order valence-electron chi connectivity index (χ4n) is 4.15. The summed E-state index contributed by atoms with van der Waals surface area (Å²) in [5.41, 5.74) is 3.75. The SMILES string of the molecule is CCc1cnc(CCc2cccc3ccccc23)cc1OC1CCCCC1. The Morgan fingerprint density at radius 1 is 0.926 bits per heavy atom. The van der Waals surface area contributed by atoms with Crippen LogP contribution in [0.3, 0.4) is 0 Å². The molecule has 3 aromatic rings. The second kappa shape index (κ2) is 8.56. The van der Waals surface area contributed by atoms with Gasteiger partial charge in [0, 0.05) is 23.5 Å². The van der Waals surface area contributed by atoms with E-state index in [0.29, 0.717) is 6.10 Å². The maximum atomic E-state index is 6.40. The summed E-state index contributed by atoms with van der Waals surface area (Å²) in [6.07, 6.45) is 11.7. The molecule has 0 N–H and O–H groups in total. The van der Waals surface area contributed by atoms with Crippen LogP contribution in [0.4, 0.5) is 0 Å². The van der Waals surface area contributed by atoms with E-state index in [1.54, 1.807) is 0 Å². The van der Waals surface area contributed by atoms with Crippen LogP contribution in [0.15, 0.2) is 54.7 Å². The summed E-state index contributed by atoms with van der Waals surface area (Å²) < 4.78 is 6.40. The van der Waals surface area contributed by atoms with Crippen molar-refractivity contribution in [3.8, 4) is 5.75 Å². The highest BCUT2D eigenvalue weighted by Gasteiger charge is 2.17. The molecule has 0 atom stereocenters. The molecule has 1 aromatic heterocycles. The van der Waals surface area contributed by atoms with Gasteiger partial charge in [-0.05, 0) is 61.3 Å². The second-order valence-corrected chi connectivity index (χ2v) is 7.65. The highest BCUT2D eigenvalue weighted by Crippen LogP contribution is 2.27. The Bertz CT molecular complexity index is 890. The molecule has 27 heavy (non-hydrogen) atoms. The van der Waals surface area contributed by atoms with Crippen molar-refractivity contribution in [3.63, 3.8) is 0 Å². The molecule has 0 spiro atoms. The number of hydrogen-bond donors (Lipinski definition) is 0. The molecule has 0 amide bonds. The Hall–Kier alpha value is -2.35. The first-order valence-corrected chi connectivity index (χ1v) is 10.4. The monoisotopic (exact) mass is 359 g/mol. The van der Waals surface area contributed by atoms with Gasteiger partial charge in [-0.25, -0.2) is 0 Å². The number of hydrogen-bond acceptors (Lipinski definition) is 2. The summed E-state index contributed by atoms with van der Waals surface area (Å²) in [6, 6.07) is 17.4. The summed E-state index contributed by atoms with van der Waals surface area (Å²) in [7, 11) is 0. The quantitative estimate of drug-likeness (QED) is 0.516. The first-order valence-electron chi connectivity index (χ1n) is 10.4. The lowest BCUT2D eigenvalue weighted by molar-refractivity contribution is 0.153. The highest BCUT2D eigenvalue weighted by atomic mass is 16.5. The van der Waals surface area contributed by atoms with Crippen LogP contribution in [-0.4, -0.2) is 11.1 Å². The minimum absolute atomic E-state index is 0.386. The zero-order valence-corrected chi connectivity index (χ0v) is 16.3. The minimum Gasteiger partial charge on any atom is -0.490 e. The molecule has 1 aliphatic rings. The van der Waals surface area contributed by atoms with Gasteiger partial charge >= 0.3 is 0 Å². The lowest BCUT2D eigenvalue weighted by Gasteiger charge is -2.24. The topological polar surface area (TPSA) is 22.1 Å². The van der Waals surface area contributed by atoms with Gasteiger partial charge in [0.15, 0.2) is 0 Å². The number of ether oxygens (including phenoxy) is 1. The average molecular weight is 360 g/mol. The summed E-state index contributed by atoms with van der Waals surface area (Å²) >= 11 is 0. The fraction of sp³-hybridized carbons (Fsp3) is 0.400. The number of rotatable bonds is 6. The molecule has 140 valence electrons. The highest BCUT2D eigenvalue weighted by molar-refractivity contribution is 5.85. The zero-order valence-electron chi connectivity index (χ0n) is 16.3. The Morgan fingerprint density at radius 3 is 2.59 bits per heavy atom. The van der Waals surface area contributed by atoms with E-state index in [2.05, 4.69) is 55.5 Å². The maximum absolute atomic E-state index is 6.40. The van der Waals surface area contributed by atoms with Gasteiger partial charge in [0.05, 0.1) is 6.10 Å². The van der Waals surface area contributed by atoms with Gasteiger partial charge in [-0.2, -0.15) is 0 Å². The van der Waals surface area contributed by atoms with Crippen LogP contribution in [0.2, 0.25) is 0 Å². The Kier molecular flexibility index (Phi) is 5.72. The smallest absolute Gasteiger partial charge is 0.126 e. The predicted octanol–water partition coefficient (Wildman–Crippen LogP) is 6.29. The van der Waals surface area contributed by atoms with Gasteiger partial charge in [-0.1, -0.05) is 55.8 Å². The summed E-state index contributed by atoms with van der Waals surface area (Å²) in [5.74, 6) is 1.06. The molecule has 0 aliphatic heterocycles. The van der Waals surface area contributed by atoms with Crippen LogP contribution in [0, 0.1) is 0 Å². The van der Waals surface area contributed by atoms with Crippen molar-refractivity contribution in [1.82, 2.24) is 4.98 Å². The largest absolute Gasteiger partial charge is 0.490 e. The molecule has 4 rings (SSSR count). The summed E-state index contributed by atoms with van der Waals surface area (Å²) in [5, 5.41) is 2.66. The fourth-order valence-corrected chi connectivity index (χ4v) is 4.15. The van der Waals surface area contributed by atoms with Crippen LogP contribution < -0.4 is 4.74 Å². The molecular weight excluding hydrogens is 330 g/mol. The molecule has 1 heterocycles. The summed E-state index contributed by atoms with van der Waals surface area (Å²) in [4.78, 5) is 4.72. The molecule has 1 saturated carbocycles. The molecule has 1 aliphatic carbocycles. The molecular formula is C25H29NO. The average Bonchev–Trinajstić information content (AvgIpc) is 2.73. The Morgan fingerprint density at radius 2 is 1.74 bits per heavy atom. The van der Waals surface area contributed by atoms with Crippen molar-refractivity contribution >= 4 is 10.8 Å². The van der Waals surface area contributed by atoms with Gasteiger partial charge < -0.3 is 4.74 Å². The summed E-state index contributed by atoms with van der Waals surface area (Å²) in [6.45, 7) is 2.18. The molecule has 2 aromatic carbocycles. The molecule has 0 bridgehead atoms. The molecule has 0 unspecified atom stereocenters. The molecule has 0 radical (unpaired) electrons. The van der Waals surface area contributed by atoms with E-state index in [-0.39, 0.29) is 0 Å². The van der Waals surface area contributed by atoms with Crippen LogP contribution >= 0.6 is 0 Å². The van der Waals surface area contributed by atoms with Crippen LogP contribution in [-0.2, 0) is 19.3 Å². The number of aromatic nitrogens is 1. The molecule has 0 saturated heterocycles. The third-order valence-electron chi connectivity index (χ3n) is 5.76. The maximum Gasteiger partial charge on any atom is 0.126 e. The number of pyridine rings is 1. The van der Waals surface area contributed by atoms with Crippen molar-refractivity contribution in [2.75, 3.05) is 0 Å². The van der Waals surface area contributed by atoms with Crippen LogP contribution in [0.5, 0.6) is 5.75 Å². The lowest BCUT2D eigenvalue weighted by atomic mass is 9.97. The first-order chi connectivity index (χ1) is 13.3. The molecule has 2 nitrogen and oxygen atoms in total. The second-order valence-electron chi connectivity index (χ2n) is 7.65. The van der Waals surface area contributed by atoms with E-state index in [1.165, 1.54) is 54.0 Å². The van der Waals surface area contributed by atoms with E-state index in [4.69, 9.17) is 9.72 Å². The van der Waals surface area contributed by atoms with Crippen LogP contribution in [0.1, 0.15) is 55.8 Å². The minimum atomic E-state index is 0.386. The van der Waals surface area contributed by atoms with Gasteiger partial charge in [-0.15, -0.1) is 0 Å². The van der Waals surface area contributed by atoms with E-state index < -0.39 is 0 Å². The third-order valence-corrected chi connectivity index (χ3v) is 5.76. The van der Waals surface area contributed by atoms with Gasteiger partial charge in [-0.3, -0.25) is 4.98 Å². The number of nitrogens with zero attached hydrogens (tertiary/aromatic N) is 1. The van der Waals surface area contributed by atoms with Crippen molar-refractivity contribution in [2.45, 2.75) is 64.4 Å². The molecule has 2 heteroatoms. The predicted molar refractivity (Wildman–Crippen MR) is 112 cm³/mol. The first kappa shape index (κ1) is 18.0. The van der Waals surface area contributed by atoms with Crippen molar-refractivity contribution < 1.29 is 4.74 Å². The van der Waals surface area contributed by atoms with Crippen molar-refractivity contribution in [2.24, 2.45) is 0 Å². The number of fused-ring (bicyclic) bond motifs is 1. The zero-order chi connectivity index (χ0) is 18.5. The number of aryl methyl sites for hydroxylation is 3. The Labute approximate surface area is 162 Å². The van der Waals surface area contributed by atoms with Crippen molar-refractivity contribution in [3.05, 3.63) is 71.5 Å². The third kappa shape index (κ3) is 4.32. The van der Waals surface area contributed by atoms with Gasteiger partial charge in [0.25, 0.3) is 0 Å². The standard InChI is InChI=1S/C25H29NO/c1-2-19-18-26-22(17-25(19)27-23-12-4-3-5-13-23)16-15-21-11-8-10-20-9-6-7-14-24(20)21/h6-11,14,17-18,23H,2-5,12-13,15-16H2,1H3. The Balaban J connectivity index is 1.50. The van der Waals surface area contributed by atoms with Crippen molar-refractivity contribution in [1.29, 1.82) is 0 Å². The van der Waals surface area contributed by atoms with E-state index in [0.717, 1.165) is 30.7 Å². The van der Waals surface area contributed by atoms with E-state index >= 15 is 0 Å². The number of benzene rings is 2. The lowest BCUT2D eigenvalue weighted by Crippen LogP contribution is -2.20. The van der Waals surface area contributed by atoms with Crippen LogP contribution in [0.25, 0.3) is 10.8 Å². The van der Waals surface area contributed by atoms with E-state index in [1.807, 2.05) is 6.20 Å².